The van der Waals surface area contributed by atoms with Crippen LogP contribution in [0.5, 0.6) is 0 Å². The summed E-state index contributed by atoms with van der Waals surface area (Å²) in [5.74, 6) is -0.217. The molecule has 0 saturated carbocycles. The van der Waals surface area contributed by atoms with Crippen molar-refractivity contribution in [2.75, 3.05) is 13.2 Å². The molecule has 1 N–H and O–H groups in total. The first-order valence-electron chi connectivity index (χ1n) is 8.50. The van der Waals surface area contributed by atoms with Gasteiger partial charge >= 0.3 is 0 Å². The standard InChI is InChI=1S/C18H19N5O3/c24-18(14-5-3-8-23-12-20-22-17(14)23)21-15-11-25-9-6-16(15)26-10-13-4-1-2-7-19-13/h1-5,7-8,12,15-16H,6,9-11H2,(H,21,24)/t15-,16-/m1/s1. The van der Waals surface area contributed by atoms with E-state index in [0.29, 0.717) is 37.5 Å². The first-order valence-corrected chi connectivity index (χ1v) is 8.50. The van der Waals surface area contributed by atoms with Crippen LogP contribution in [0.2, 0.25) is 0 Å². The Morgan fingerprint density at radius 1 is 1.35 bits per heavy atom. The fourth-order valence-electron chi connectivity index (χ4n) is 3.00. The number of carbonyl (C=O) groups is 1. The molecule has 0 aliphatic carbocycles. The van der Waals surface area contributed by atoms with Crippen LogP contribution in [0.15, 0.2) is 49.1 Å². The van der Waals surface area contributed by atoms with Crippen LogP contribution in [-0.4, -0.2) is 50.8 Å². The molecule has 0 radical (unpaired) electrons. The molecule has 8 nitrogen and oxygen atoms in total. The van der Waals surface area contributed by atoms with Crippen LogP contribution in [0.3, 0.4) is 0 Å². The van der Waals surface area contributed by atoms with Crippen molar-refractivity contribution in [1.82, 2.24) is 24.9 Å². The van der Waals surface area contributed by atoms with Crippen LogP contribution in [0.25, 0.3) is 5.65 Å². The van der Waals surface area contributed by atoms with Gasteiger partial charge in [-0.25, -0.2) is 0 Å². The molecule has 0 unspecified atom stereocenters. The van der Waals surface area contributed by atoms with Crippen molar-refractivity contribution in [3.8, 4) is 0 Å². The minimum atomic E-state index is -0.233. The molecule has 3 aromatic heterocycles. The molecule has 4 heterocycles. The Balaban J connectivity index is 1.44. The van der Waals surface area contributed by atoms with Gasteiger partial charge in [-0.15, -0.1) is 10.2 Å². The Hall–Kier alpha value is -2.84. The van der Waals surface area contributed by atoms with E-state index in [1.54, 1.807) is 35.3 Å². The molecule has 0 spiro atoms. The monoisotopic (exact) mass is 353 g/mol. The number of amides is 1. The number of nitrogens with zero attached hydrogens (tertiary/aromatic N) is 4. The SMILES string of the molecule is O=C(N[C@@H]1COCC[C@H]1OCc1ccccn1)c1cccn2cnnc12. The summed E-state index contributed by atoms with van der Waals surface area (Å²) in [6, 6.07) is 8.99. The average molecular weight is 353 g/mol. The highest BCUT2D eigenvalue weighted by atomic mass is 16.5. The van der Waals surface area contributed by atoms with Gasteiger partial charge in [0.25, 0.3) is 5.91 Å². The van der Waals surface area contributed by atoms with E-state index in [4.69, 9.17) is 9.47 Å². The Kier molecular flexibility index (Phi) is 4.85. The van der Waals surface area contributed by atoms with Crippen molar-refractivity contribution in [2.45, 2.75) is 25.2 Å². The molecule has 8 heteroatoms. The summed E-state index contributed by atoms with van der Waals surface area (Å²) in [7, 11) is 0. The van der Waals surface area contributed by atoms with Gasteiger partial charge in [0.2, 0.25) is 0 Å². The van der Waals surface area contributed by atoms with E-state index in [9.17, 15) is 4.79 Å². The normalized spacial score (nSPS) is 20.2. The fourth-order valence-corrected chi connectivity index (χ4v) is 3.00. The summed E-state index contributed by atoms with van der Waals surface area (Å²) in [5, 5.41) is 10.9. The molecule has 134 valence electrons. The Bertz CT molecular complexity index is 883. The van der Waals surface area contributed by atoms with Crippen molar-refractivity contribution in [3.63, 3.8) is 0 Å². The molecule has 1 saturated heterocycles. The minimum absolute atomic E-state index is 0.132. The molecule has 0 bridgehead atoms. The van der Waals surface area contributed by atoms with Gasteiger partial charge in [0.1, 0.15) is 6.33 Å². The van der Waals surface area contributed by atoms with E-state index in [1.165, 1.54) is 0 Å². The number of fused-ring (bicyclic) bond motifs is 1. The summed E-state index contributed by atoms with van der Waals surface area (Å²) in [5.41, 5.74) is 1.85. The first kappa shape index (κ1) is 16.6. The van der Waals surface area contributed by atoms with E-state index < -0.39 is 0 Å². The van der Waals surface area contributed by atoms with E-state index in [1.807, 2.05) is 18.2 Å². The van der Waals surface area contributed by atoms with Gasteiger partial charge in [-0.3, -0.25) is 14.2 Å². The maximum atomic E-state index is 12.7. The van der Waals surface area contributed by atoms with Crippen LogP contribution >= 0.6 is 0 Å². The zero-order valence-electron chi connectivity index (χ0n) is 14.1. The third-order valence-corrected chi connectivity index (χ3v) is 4.35. The summed E-state index contributed by atoms with van der Waals surface area (Å²) < 4.78 is 13.2. The van der Waals surface area contributed by atoms with Gasteiger partial charge in [-0.2, -0.15) is 0 Å². The summed E-state index contributed by atoms with van der Waals surface area (Å²) in [6.45, 7) is 1.42. The molecular weight excluding hydrogens is 334 g/mol. The summed E-state index contributed by atoms with van der Waals surface area (Å²) in [6.07, 6.45) is 5.68. The third-order valence-electron chi connectivity index (χ3n) is 4.35. The van der Waals surface area contributed by atoms with Crippen molar-refractivity contribution in [1.29, 1.82) is 0 Å². The predicted molar refractivity (Wildman–Crippen MR) is 92.5 cm³/mol. The lowest BCUT2D eigenvalue weighted by Gasteiger charge is -2.32. The highest BCUT2D eigenvalue weighted by Gasteiger charge is 2.29. The van der Waals surface area contributed by atoms with Gasteiger partial charge < -0.3 is 14.8 Å². The second-order valence-corrected chi connectivity index (χ2v) is 6.10. The Morgan fingerprint density at radius 3 is 3.19 bits per heavy atom. The van der Waals surface area contributed by atoms with E-state index in [-0.39, 0.29) is 18.1 Å². The van der Waals surface area contributed by atoms with Crippen molar-refractivity contribution >= 4 is 11.6 Å². The lowest BCUT2D eigenvalue weighted by molar-refractivity contribution is -0.0612. The zero-order chi connectivity index (χ0) is 17.8. The first-order chi connectivity index (χ1) is 12.8. The van der Waals surface area contributed by atoms with Crippen molar-refractivity contribution in [3.05, 3.63) is 60.3 Å². The van der Waals surface area contributed by atoms with E-state index in [2.05, 4.69) is 20.5 Å². The minimum Gasteiger partial charge on any atom is -0.379 e. The molecule has 1 fully saturated rings. The fraction of sp³-hybridized carbons (Fsp3) is 0.333. The maximum Gasteiger partial charge on any atom is 0.255 e. The molecule has 26 heavy (non-hydrogen) atoms. The van der Waals surface area contributed by atoms with Gasteiger partial charge in [0.05, 0.1) is 36.6 Å². The van der Waals surface area contributed by atoms with Crippen LogP contribution in [0, 0.1) is 0 Å². The number of aromatic nitrogens is 4. The molecule has 1 aliphatic heterocycles. The number of rotatable bonds is 5. The number of ether oxygens (including phenoxy) is 2. The molecule has 0 aromatic carbocycles. The predicted octanol–water partition coefficient (Wildman–Crippen LogP) is 1.23. The lowest BCUT2D eigenvalue weighted by Crippen LogP contribution is -2.50. The molecule has 2 atom stereocenters. The van der Waals surface area contributed by atoms with Crippen molar-refractivity contribution in [2.24, 2.45) is 0 Å². The maximum absolute atomic E-state index is 12.7. The smallest absolute Gasteiger partial charge is 0.255 e. The topological polar surface area (TPSA) is 90.6 Å². The molecule has 1 aliphatic rings. The Labute approximate surface area is 150 Å². The van der Waals surface area contributed by atoms with Gasteiger partial charge in [0.15, 0.2) is 5.65 Å². The lowest BCUT2D eigenvalue weighted by atomic mass is 10.1. The number of nitrogens with one attached hydrogen (secondary N) is 1. The van der Waals surface area contributed by atoms with Crippen LogP contribution in [-0.2, 0) is 16.1 Å². The molecule has 1 amide bonds. The summed E-state index contributed by atoms with van der Waals surface area (Å²) >= 11 is 0. The van der Waals surface area contributed by atoms with Crippen LogP contribution in [0.1, 0.15) is 22.5 Å². The van der Waals surface area contributed by atoms with E-state index >= 15 is 0 Å². The zero-order valence-corrected chi connectivity index (χ0v) is 14.1. The Morgan fingerprint density at radius 2 is 2.31 bits per heavy atom. The third kappa shape index (κ3) is 3.56. The quantitative estimate of drug-likeness (QED) is 0.742. The molecule has 3 aromatic rings. The number of hydrogen-bond acceptors (Lipinski definition) is 6. The number of pyridine rings is 2. The molecular formula is C18H19N5O3. The van der Waals surface area contributed by atoms with Crippen molar-refractivity contribution < 1.29 is 14.3 Å². The highest BCUT2D eigenvalue weighted by molar-refractivity contribution is 5.99. The average Bonchev–Trinajstić information content (AvgIpc) is 3.17. The van der Waals surface area contributed by atoms with Crippen LogP contribution in [0.4, 0.5) is 0 Å². The van der Waals surface area contributed by atoms with Crippen LogP contribution < -0.4 is 5.32 Å². The highest BCUT2D eigenvalue weighted by Crippen LogP contribution is 2.15. The van der Waals surface area contributed by atoms with Gasteiger partial charge in [-0.1, -0.05) is 6.07 Å². The van der Waals surface area contributed by atoms with E-state index in [0.717, 1.165) is 5.69 Å². The number of hydrogen-bond donors (Lipinski definition) is 1. The molecule has 4 rings (SSSR count). The second-order valence-electron chi connectivity index (χ2n) is 6.10. The van der Waals surface area contributed by atoms with Gasteiger partial charge in [0, 0.05) is 19.0 Å². The summed E-state index contributed by atoms with van der Waals surface area (Å²) in [4.78, 5) is 17.0. The second kappa shape index (κ2) is 7.59. The number of carbonyl (C=O) groups excluding carboxylic acids is 1. The largest absolute Gasteiger partial charge is 0.379 e. The van der Waals surface area contributed by atoms with Gasteiger partial charge in [-0.05, 0) is 30.7 Å².